The van der Waals surface area contributed by atoms with Crippen LogP contribution < -0.4 is 0 Å². The fraction of sp³-hybridized carbons (Fsp3) is 0.290. The van der Waals surface area contributed by atoms with Crippen LogP contribution in [0.25, 0.3) is 32.9 Å². The largest absolute Gasteiger partial charge is 0.506 e. The van der Waals surface area contributed by atoms with Crippen molar-refractivity contribution < 1.29 is 24.9 Å². The number of aromatic carboxylic acids is 1. The smallest absolute Gasteiger partial charge is 0.346 e. The minimum Gasteiger partial charge on any atom is -0.506 e. The van der Waals surface area contributed by atoms with Gasteiger partial charge in [0.15, 0.2) is 0 Å². The van der Waals surface area contributed by atoms with Gasteiger partial charge >= 0.3 is 5.97 Å². The maximum Gasteiger partial charge on any atom is 0.346 e. The number of hydrogen-bond donors (Lipinski definition) is 5. The molecule has 0 aliphatic heterocycles. The van der Waals surface area contributed by atoms with Gasteiger partial charge < -0.3 is 25.3 Å². The molecule has 1 fully saturated rings. The molecular weight excluding hydrogens is 512 g/mol. The number of hydrogen-bond acceptors (Lipinski definition) is 5. The maximum atomic E-state index is 14.0. The molecule has 1 saturated carbocycles. The molecular formula is C31H30N2O5S. The van der Waals surface area contributed by atoms with Crippen molar-refractivity contribution in [3.63, 3.8) is 0 Å². The van der Waals surface area contributed by atoms with Crippen molar-refractivity contribution in [2.24, 2.45) is 5.92 Å². The number of aromatic hydroxyl groups is 1. The fourth-order valence-electron chi connectivity index (χ4n) is 5.55. The summed E-state index contributed by atoms with van der Waals surface area (Å²) in [5.74, 6) is -1.43. The Labute approximate surface area is 229 Å². The zero-order chi connectivity index (χ0) is 27.4. The number of carbonyl (C=O) groups excluding carboxylic acids is 1. The van der Waals surface area contributed by atoms with E-state index in [1.165, 1.54) is 0 Å². The highest BCUT2D eigenvalue weighted by Crippen LogP contribution is 2.52. The number of H-pyrrole nitrogens is 2. The van der Waals surface area contributed by atoms with Gasteiger partial charge in [-0.1, -0.05) is 37.3 Å². The molecule has 5 N–H and O–H groups in total. The normalized spacial score (nSPS) is 14.3. The quantitative estimate of drug-likeness (QED) is 0.132. The van der Waals surface area contributed by atoms with E-state index in [1.54, 1.807) is 6.20 Å². The minimum absolute atomic E-state index is 0.0223. The Morgan fingerprint density at radius 2 is 1.87 bits per heavy atom. The molecule has 6 rings (SSSR count). The van der Waals surface area contributed by atoms with Gasteiger partial charge in [-0.15, -0.1) is 11.3 Å². The lowest BCUT2D eigenvalue weighted by atomic mass is 9.95. The molecule has 2 aromatic carbocycles. The Kier molecular flexibility index (Phi) is 6.32. The number of fused-ring (bicyclic) bond motifs is 2. The van der Waals surface area contributed by atoms with Crippen LogP contribution >= 0.6 is 11.3 Å². The molecule has 39 heavy (non-hydrogen) atoms. The standard InChI is InChI=1S/C31H30N2O5S/c1-15(14-34)7-9-17-10-8-16(2)22-20(13-32-25(17)22)27(35)30-28(36)24(29(39-30)31(37)38)23-19-5-3-4-6-21(19)33-26(23)18-11-12-18/h3-6,8,10,13,15,18,32-34,36H,7,9,11-12,14H2,1-2H3,(H,37,38). The number of carboxylic acids is 1. The summed E-state index contributed by atoms with van der Waals surface area (Å²) in [4.78, 5) is 33.1. The van der Waals surface area contributed by atoms with E-state index < -0.39 is 11.8 Å². The second-order valence-corrected chi connectivity index (χ2v) is 11.7. The van der Waals surface area contributed by atoms with Crippen molar-refractivity contribution in [1.29, 1.82) is 0 Å². The molecule has 0 amide bonds. The molecule has 3 aromatic heterocycles. The zero-order valence-corrected chi connectivity index (χ0v) is 22.6. The molecule has 8 heteroatoms. The fourth-order valence-corrected chi connectivity index (χ4v) is 6.54. The van der Waals surface area contributed by atoms with Gasteiger partial charge in [-0.3, -0.25) is 4.79 Å². The lowest BCUT2D eigenvalue weighted by molar-refractivity contribution is 0.0702. The maximum absolute atomic E-state index is 14.0. The Morgan fingerprint density at radius 1 is 1.10 bits per heavy atom. The lowest BCUT2D eigenvalue weighted by Gasteiger charge is -2.10. The molecule has 1 atom stereocenters. The van der Waals surface area contributed by atoms with Gasteiger partial charge in [0.05, 0.1) is 5.56 Å². The third-order valence-corrected chi connectivity index (χ3v) is 9.01. The molecule has 7 nitrogen and oxygen atoms in total. The number of aromatic nitrogens is 2. The summed E-state index contributed by atoms with van der Waals surface area (Å²) in [6.07, 6.45) is 5.19. The Hall–Kier alpha value is -3.88. The zero-order valence-electron chi connectivity index (χ0n) is 21.8. The van der Waals surface area contributed by atoms with Gasteiger partial charge in [0.2, 0.25) is 5.78 Å². The highest BCUT2D eigenvalue weighted by Gasteiger charge is 2.35. The van der Waals surface area contributed by atoms with Crippen LogP contribution in [0.15, 0.2) is 42.6 Å². The van der Waals surface area contributed by atoms with Crippen LogP contribution in [0.4, 0.5) is 0 Å². The summed E-state index contributed by atoms with van der Waals surface area (Å²) in [5, 5.41) is 32.7. The minimum atomic E-state index is -1.17. The van der Waals surface area contributed by atoms with Gasteiger partial charge in [-0.2, -0.15) is 0 Å². The van der Waals surface area contributed by atoms with E-state index in [9.17, 15) is 24.9 Å². The Morgan fingerprint density at radius 3 is 2.59 bits per heavy atom. The second-order valence-electron chi connectivity index (χ2n) is 10.7. The first-order valence-corrected chi connectivity index (χ1v) is 14.1. The summed E-state index contributed by atoms with van der Waals surface area (Å²) in [7, 11) is 0. The van der Waals surface area contributed by atoms with Crippen LogP contribution in [0.3, 0.4) is 0 Å². The number of ketones is 1. The molecule has 1 aliphatic rings. The molecule has 1 unspecified atom stereocenters. The monoisotopic (exact) mass is 542 g/mol. The molecule has 3 heterocycles. The van der Waals surface area contributed by atoms with E-state index in [0.29, 0.717) is 11.1 Å². The number of thiophene rings is 1. The molecule has 0 bridgehead atoms. The Bertz CT molecular complexity index is 1750. The van der Waals surface area contributed by atoms with Crippen molar-refractivity contribution >= 4 is 44.9 Å². The summed E-state index contributed by atoms with van der Waals surface area (Å²) < 4.78 is 0. The van der Waals surface area contributed by atoms with E-state index >= 15 is 0 Å². The Balaban J connectivity index is 1.49. The number of aryl methyl sites for hydroxylation is 2. The topological polar surface area (TPSA) is 126 Å². The predicted octanol–water partition coefficient (Wildman–Crippen LogP) is 6.76. The van der Waals surface area contributed by atoms with Gasteiger partial charge in [-0.25, -0.2) is 4.79 Å². The van der Waals surface area contributed by atoms with Gasteiger partial charge in [0.25, 0.3) is 0 Å². The molecule has 0 radical (unpaired) electrons. The first-order valence-electron chi connectivity index (χ1n) is 13.2. The number of benzene rings is 2. The average molecular weight is 543 g/mol. The van der Waals surface area contributed by atoms with Gasteiger partial charge in [0, 0.05) is 51.4 Å². The summed E-state index contributed by atoms with van der Waals surface area (Å²) >= 11 is 0.829. The number of carbonyl (C=O) groups is 2. The molecule has 1 aliphatic carbocycles. The van der Waals surface area contributed by atoms with Crippen LogP contribution in [-0.2, 0) is 6.42 Å². The van der Waals surface area contributed by atoms with E-state index in [1.807, 2.05) is 50.2 Å². The van der Waals surface area contributed by atoms with Crippen LogP contribution in [0.1, 0.15) is 73.8 Å². The number of aromatic amines is 2. The van der Waals surface area contributed by atoms with Crippen molar-refractivity contribution in [2.75, 3.05) is 6.61 Å². The summed E-state index contributed by atoms with van der Waals surface area (Å²) in [6, 6.07) is 11.7. The van der Waals surface area contributed by atoms with Crippen molar-refractivity contribution in [3.8, 4) is 16.9 Å². The number of rotatable bonds is 9. The number of para-hydroxylation sites is 1. The van der Waals surface area contributed by atoms with Crippen LogP contribution in [-0.4, -0.2) is 43.6 Å². The first kappa shape index (κ1) is 25.4. The van der Waals surface area contributed by atoms with E-state index in [4.69, 9.17) is 0 Å². The van der Waals surface area contributed by atoms with Crippen molar-refractivity contribution in [2.45, 2.75) is 45.4 Å². The summed E-state index contributed by atoms with van der Waals surface area (Å²) in [5.41, 5.74) is 5.89. The first-order chi connectivity index (χ1) is 18.8. The highest BCUT2D eigenvalue weighted by molar-refractivity contribution is 7.17. The third-order valence-electron chi connectivity index (χ3n) is 7.85. The van der Waals surface area contributed by atoms with E-state index in [2.05, 4.69) is 9.97 Å². The van der Waals surface area contributed by atoms with E-state index in [0.717, 1.165) is 75.6 Å². The van der Waals surface area contributed by atoms with Crippen molar-refractivity contribution in [3.05, 3.63) is 74.7 Å². The molecule has 0 spiro atoms. The van der Waals surface area contributed by atoms with Gasteiger partial charge in [-0.05, 0) is 61.6 Å². The number of aliphatic hydroxyl groups excluding tert-OH is 1. The molecule has 5 aromatic rings. The van der Waals surface area contributed by atoms with Crippen molar-refractivity contribution in [1.82, 2.24) is 9.97 Å². The van der Waals surface area contributed by atoms with Crippen LogP contribution in [0.2, 0.25) is 0 Å². The van der Waals surface area contributed by atoms with E-state index in [-0.39, 0.29) is 39.5 Å². The highest BCUT2D eigenvalue weighted by atomic mass is 32.1. The van der Waals surface area contributed by atoms with Crippen LogP contribution in [0, 0.1) is 12.8 Å². The second kappa shape index (κ2) is 9.70. The number of aliphatic hydroxyl groups is 1. The molecule has 200 valence electrons. The van der Waals surface area contributed by atoms with Crippen LogP contribution in [0.5, 0.6) is 5.75 Å². The predicted molar refractivity (Wildman–Crippen MR) is 153 cm³/mol. The van der Waals surface area contributed by atoms with Gasteiger partial charge in [0.1, 0.15) is 15.5 Å². The number of carboxylic acid groups (broad SMARTS) is 1. The summed E-state index contributed by atoms with van der Waals surface area (Å²) in [6.45, 7) is 4.05. The molecule has 0 saturated heterocycles. The number of nitrogens with one attached hydrogen (secondary N) is 2. The lowest BCUT2D eigenvalue weighted by Crippen LogP contribution is -2.03. The SMILES string of the molecule is Cc1ccc(CCC(C)CO)c2[nH]cc(C(=O)c3sc(C(=O)O)c(-c4c(C5CC5)[nH]c5ccccc45)c3O)c12. The average Bonchev–Trinajstić information content (AvgIpc) is 3.41. The third kappa shape index (κ3) is 4.24.